The van der Waals surface area contributed by atoms with Crippen molar-refractivity contribution in [1.29, 1.82) is 0 Å². The van der Waals surface area contributed by atoms with Gasteiger partial charge in [0.2, 0.25) is 0 Å². The quantitative estimate of drug-likeness (QED) is 0.828. The van der Waals surface area contributed by atoms with Crippen molar-refractivity contribution in [2.45, 2.75) is 13.3 Å². The predicted octanol–water partition coefficient (Wildman–Crippen LogP) is 3.45. The highest BCUT2D eigenvalue weighted by atomic mass is 19.1. The highest BCUT2D eigenvalue weighted by Crippen LogP contribution is 2.20. The highest BCUT2D eigenvalue weighted by molar-refractivity contribution is 6.07. The fourth-order valence-corrected chi connectivity index (χ4v) is 1.81. The van der Waals surface area contributed by atoms with Crippen LogP contribution in [0.15, 0.2) is 42.5 Å². The van der Waals surface area contributed by atoms with Gasteiger partial charge in [-0.2, -0.15) is 0 Å². The zero-order valence-corrected chi connectivity index (χ0v) is 11.7. The van der Waals surface area contributed by atoms with Crippen molar-refractivity contribution < 1.29 is 13.9 Å². The lowest BCUT2D eigenvalue weighted by molar-refractivity contribution is 0.102. The van der Waals surface area contributed by atoms with E-state index in [1.807, 2.05) is 13.0 Å². The van der Waals surface area contributed by atoms with E-state index in [0.29, 0.717) is 18.0 Å². The Hall–Kier alpha value is -2.56. The molecule has 0 fully saturated rings. The van der Waals surface area contributed by atoms with Gasteiger partial charge in [-0.05, 0) is 36.8 Å². The van der Waals surface area contributed by atoms with Gasteiger partial charge in [-0.15, -0.1) is 0 Å². The van der Waals surface area contributed by atoms with E-state index in [1.165, 1.54) is 12.1 Å². The summed E-state index contributed by atoms with van der Waals surface area (Å²) in [6.07, 6.45) is 0.899. The summed E-state index contributed by atoms with van der Waals surface area (Å²) in [6.45, 7) is 2.62. The van der Waals surface area contributed by atoms with Crippen molar-refractivity contribution in [3.8, 4) is 5.75 Å². The fraction of sp³-hybridized carbons (Fsp3) is 0.188. The van der Waals surface area contributed by atoms with Gasteiger partial charge in [0.15, 0.2) is 0 Å². The maximum absolute atomic E-state index is 13.2. The van der Waals surface area contributed by atoms with Crippen LogP contribution >= 0.6 is 0 Å². The minimum atomic E-state index is -0.505. The summed E-state index contributed by atoms with van der Waals surface area (Å²) in [4.78, 5) is 12.1. The number of hydrogen-bond donors (Lipinski definition) is 2. The number of nitrogens with one attached hydrogen (secondary N) is 1. The third-order valence-electron chi connectivity index (χ3n) is 2.82. The van der Waals surface area contributed by atoms with E-state index in [0.717, 1.165) is 12.5 Å². The van der Waals surface area contributed by atoms with Crippen molar-refractivity contribution in [3.63, 3.8) is 0 Å². The zero-order chi connectivity index (χ0) is 15.2. The molecule has 0 bridgehead atoms. The van der Waals surface area contributed by atoms with Crippen LogP contribution < -0.4 is 15.8 Å². The number of nitrogen functional groups attached to an aromatic ring is 1. The Morgan fingerprint density at radius 1 is 1.29 bits per heavy atom. The molecule has 0 atom stereocenters. The molecule has 2 rings (SSSR count). The van der Waals surface area contributed by atoms with Crippen molar-refractivity contribution in [2.24, 2.45) is 0 Å². The minimum Gasteiger partial charge on any atom is -0.494 e. The van der Waals surface area contributed by atoms with E-state index in [1.54, 1.807) is 18.2 Å². The van der Waals surface area contributed by atoms with E-state index in [2.05, 4.69) is 5.32 Å². The Morgan fingerprint density at radius 3 is 2.86 bits per heavy atom. The third-order valence-corrected chi connectivity index (χ3v) is 2.82. The molecule has 5 heteroatoms. The van der Waals surface area contributed by atoms with Gasteiger partial charge >= 0.3 is 0 Å². The summed E-state index contributed by atoms with van der Waals surface area (Å²) >= 11 is 0. The first-order chi connectivity index (χ1) is 10.1. The van der Waals surface area contributed by atoms with Crippen LogP contribution in [0.4, 0.5) is 15.8 Å². The van der Waals surface area contributed by atoms with Gasteiger partial charge in [0.1, 0.15) is 11.6 Å². The summed E-state index contributed by atoms with van der Waals surface area (Å²) in [7, 11) is 0. The van der Waals surface area contributed by atoms with Gasteiger partial charge in [-0.25, -0.2) is 4.39 Å². The molecule has 0 saturated carbocycles. The van der Waals surface area contributed by atoms with Gasteiger partial charge < -0.3 is 15.8 Å². The van der Waals surface area contributed by atoms with Gasteiger partial charge in [-0.3, -0.25) is 4.79 Å². The van der Waals surface area contributed by atoms with Gasteiger partial charge in [0.05, 0.1) is 12.2 Å². The van der Waals surface area contributed by atoms with Crippen LogP contribution in [-0.2, 0) is 0 Å². The minimum absolute atomic E-state index is 0.106. The van der Waals surface area contributed by atoms with Gasteiger partial charge in [-0.1, -0.05) is 13.0 Å². The van der Waals surface area contributed by atoms with Crippen molar-refractivity contribution in [1.82, 2.24) is 0 Å². The summed E-state index contributed by atoms with van der Waals surface area (Å²) in [5, 5.41) is 2.68. The topological polar surface area (TPSA) is 64.3 Å². The lowest BCUT2D eigenvalue weighted by atomic mass is 10.1. The van der Waals surface area contributed by atoms with Crippen molar-refractivity contribution >= 4 is 17.3 Å². The first-order valence-corrected chi connectivity index (χ1v) is 6.69. The molecular weight excluding hydrogens is 271 g/mol. The maximum atomic E-state index is 13.2. The zero-order valence-electron chi connectivity index (χ0n) is 11.7. The molecule has 0 aliphatic heterocycles. The van der Waals surface area contributed by atoms with E-state index in [-0.39, 0.29) is 11.3 Å². The molecule has 21 heavy (non-hydrogen) atoms. The number of amides is 1. The number of ether oxygens (including phenoxy) is 1. The molecule has 2 aromatic carbocycles. The van der Waals surface area contributed by atoms with Crippen LogP contribution in [0, 0.1) is 5.82 Å². The summed E-state index contributed by atoms with van der Waals surface area (Å²) < 4.78 is 18.7. The number of rotatable bonds is 5. The smallest absolute Gasteiger partial charge is 0.257 e. The fourth-order valence-electron chi connectivity index (χ4n) is 1.81. The second-order valence-corrected chi connectivity index (χ2v) is 4.56. The van der Waals surface area contributed by atoms with Crippen molar-refractivity contribution in [2.75, 3.05) is 17.7 Å². The van der Waals surface area contributed by atoms with E-state index in [4.69, 9.17) is 10.5 Å². The molecule has 0 radical (unpaired) electrons. The number of benzene rings is 2. The van der Waals surface area contributed by atoms with Crippen LogP contribution in [-0.4, -0.2) is 12.5 Å². The summed E-state index contributed by atoms with van der Waals surface area (Å²) in [5.41, 5.74) is 6.59. The summed E-state index contributed by atoms with van der Waals surface area (Å²) in [6, 6.07) is 10.7. The van der Waals surface area contributed by atoms with E-state index in [9.17, 15) is 9.18 Å². The Kier molecular flexibility index (Phi) is 4.77. The lowest BCUT2D eigenvalue weighted by Crippen LogP contribution is -2.14. The SMILES string of the molecule is CCCOc1cccc(NC(=O)c2cc(F)ccc2N)c1. The van der Waals surface area contributed by atoms with E-state index < -0.39 is 11.7 Å². The molecule has 0 aliphatic rings. The molecule has 0 aliphatic carbocycles. The second kappa shape index (κ2) is 6.74. The van der Waals surface area contributed by atoms with Crippen LogP contribution in [0.25, 0.3) is 0 Å². The number of carbonyl (C=O) groups excluding carboxylic acids is 1. The van der Waals surface area contributed by atoms with Gasteiger partial charge in [0, 0.05) is 17.4 Å². The molecule has 4 nitrogen and oxygen atoms in total. The molecule has 0 saturated heterocycles. The molecule has 3 N–H and O–H groups in total. The van der Waals surface area contributed by atoms with Gasteiger partial charge in [0.25, 0.3) is 5.91 Å². The molecule has 0 heterocycles. The number of nitrogens with two attached hydrogens (primary N) is 1. The molecular formula is C16H17FN2O2. The Labute approximate surface area is 122 Å². The van der Waals surface area contributed by atoms with E-state index >= 15 is 0 Å². The highest BCUT2D eigenvalue weighted by Gasteiger charge is 2.11. The molecule has 0 spiro atoms. The Bertz CT molecular complexity index is 644. The maximum Gasteiger partial charge on any atom is 0.257 e. The lowest BCUT2D eigenvalue weighted by Gasteiger charge is -2.10. The predicted molar refractivity (Wildman–Crippen MR) is 81.0 cm³/mol. The number of hydrogen-bond acceptors (Lipinski definition) is 3. The average Bonchev–Trinajstić information content (AvgIpc) is 2.48. The molecule has 0 unspecified atom stereocenters. The average molecular weight is 288 g/mol. The molecule has 2 aromatic rings. The Morgan fingerprint density at radius 2 is 2.10 bits per heavy atom. The van der Waals surface area contributed by atoms with Crippen molar-refractivity contribution in [3.05, 3.63) is 53.8 Å². The second-order valence-electron chi connectivity index (χ2n) is 4.56. The Balaban J connectivity index is 2.14. The molecule has 110 valence electrons. The van der Waals surface area contributed by atoms with Crippen LogP contribution in [0.3, 0.4) is 0 Å². The normalized spacial score (nSPS) is 10.2. The number of carbonyl (C=O) groups is 1. The van der Waals surface area contributed by atoms with Crippen LogP contribution in [0.1, 0.15) is 23.7 Å². The number of anilines is 2. The first-order valence-electron chi connectivity index (χ1n) is 6.69. The molecule has 1 amide bonds. The van der Waals surface area contributed by atoms with Crippen LogP contribution in [0.2, 0.25) is 0 Å². The monoisotopic (exact) mass is 288 g/mol. The number of halogens is 1. The standard InChI is InChI=1S/C16H17FN2O2/c1-2-8-21-13-5-3-4-12(10-13)19-16(20)14-9-11(17)6-7-15(14)18/h3-7,9-10H,2,8,18H2,1H3,(H,19,20). The summed E-state index contributed by atoms with van der Waals surface area (Å²) in [5.74, 6) is -0.295. The third kappa shape index (κ3) is 3.95. The largest absolute Gasteiger partial charge is 0.494 e. The van der Waals surface area contributed by atoms with Crippen LogP contribution in [0.5, 0.6) is 5.75 Å². The first kappa shape index (κ1) is 14.8. The molecule has 0 aromatic heterocycles.